The van der Waals surface area contributed by atoms with Gasteiger partial charge in [0.2, 0.25) is 11.8 Å². The third-order valence-corrected chi connectivity index (χ3v) is 5.61. The fourth-order valence-electron chi connectivity index (χ4n) is 4.02. The second-order valence-corrected chi connectivity index (χ2v) is 7.74. The summed E-state index contributed by atoms with van der Waals surface area (Å²) in [4.78, 5) is 32.0. The van der Waals surface area contributed by atoms with Crippen LogP contribution in [-0.2, 0) is 6.42 Å². The zero-order valence-electron chi connectivity index (χ0n) is 18.0. The van der Waals surface area contributed by atoms with Gasteiger partial charge in [0.05, 0.1) is 6.04 Å². The molecule has 33 heavy (non-hydrogen) atoms. The highest BCUT2D eigenvalue weighted by Crippen LogP contribution is 2.31. The lowest BCUT2D eigenvalue weighted by atomic mass is 10.1. The Morgan fingerprint density at radius 2 is 2.09 bits per heavy atom. The van der Waals surface area contributed by atoms with Crippen LogP contribution in [0.1, 0.15) is 36.1 Å². The van der Waals surface area contributed by atoms with Gasteiger partial charge in [0.25, 0.3) is 0 Å². The van der Waals surface area contributed by atoms with E-state index in [2.05, 4.69) is 31.2 Å². The normalized spacial score (nSPS) is 16.9. The molecule has 0 radical (unpaired) electrons. The van der Waals surface area contributed by atoms with Crippen molar-refractivity contribution in [1.82, 2.24) is 34.7 Å². The molecule has 0 spiro atoms. The Morgan fingerprint density at radius 3 is 2.91 bits per heavy atom. The molecule has 4 heterocycles. The predicted molar refractivity (Wildman–Crippen MR) is 118 cm³/mol. The fraction of sp³-hybridized carbons (Fsp3) is 0.348. The molecule has 1 N–H and O–H groups in total. The van der Waals surface area contributed by atoms with Crippen LogP contribution in [0.25, 0.3) is 5.95 Å². The van der Waals surface area contributed by atoms with E-state index < -0.39 is 0 Å². The van der Waals surface area contributed by atoms with Crippen molar-refractivity contribution in [2.75, 3.05) is 26.3 Å². The van der Waals surface area contributed by atoms with Crippen LogP contribution in [0.5, 0.6) is 11.5 Å². The quantitative estimate of drug-likeness (QED) is 0.598. The molecule has 10 heteroatoms. The van der Waals surface area contributed by atoms with E-state index in [1.165, 1.54) is 0 Å². The molecule has 0 saturated carbocycles. The van der Waals surface area contributed by atoms with Crippen LogP contribution in [-0.4, -0.2) is 61.7 Å². The minimum atomic E-state index is -0.267. The molecule has 5 rings (SSSR count). The van der Waals surface area contributed by atoms with E-state index in [4.69, 9.17) is 15.9 Å². The summed E-state index contributed by atoms with van der Waals surface area (Å²) < 4.78 is 12.9. The Labute approximate surface area is 191 Å². The van der Waals surface area contributed by atoms with Crippen LogP contribution in [0.15, 0.2) is 36.9 Å². The molecule has 2 aliphatic heterocycles. The number of nitrogens with one attached hydrogen (secondary N) is 1. The number of nitrogens with zero attached hydrogens (tertiary/aromatic N) is 6. The molecule has 2 aliphatic rings. The summed E-state index contributed by atoms with van der Waals surface area (Å²) in [6.07, 6.45) is 12.8. The van der Waals surface area contributed by atoms with Crippen LogP contribution in [0.3, 0.4) is 0 Å². The number of imidazole rings is 1. The van der Waals surface area contributed by atoms with E-state index in [0.717, 1.165) is 29.9 Å². The smallest absolute Gasteiger partial charge is 0.318 e. The van der Waals surface area contributed by atoms with E-state index >= 15 is 0 Å². The van der Waals surface area contributed by atoms with Gasteiger partial charge in [-0.3, -0.25) is 4.57 Å². The Kier molecular flexibility index (Phi) is 5.76. The maximum atomic E-state index is 13.0. The predicted octanol–water partition coefficient (Wildman–Crippen LogP) is 1.90. The van der Waals surface area contributed by atoms with Crippen molar-refractivity contribution in [2.45, 2.75) is 25.3 Å². The number of hydrogen-bond donors (Lipinski definition) is 1. The fourth-order valence-corrected chi connectivity index (χ4v) is 4.02. The average molecular weight is 445 g/mol. The lowest BCUT2D eigenvalue weighted by molar-refractivity contribution is 0.171. The number of benzene rings is 1. The van der Waals surface area contributed by atoms with Crippen LogP contribution in [0.4, 0.5) is 4.79 Å². The highest BCUT2D eigenvalue weighted by atomic mass is 16.6. The number of urea groups is 1. The molecule has 3 aromatic rings. The van der Waals surface area contributed by atoms with E-state index in [-0.39, 0.29) is 17.9 Å². The number of carbonyl (C=O) groups excluding carboxylic acids is 1. The highest BCUT2D eigenvalue weighted by molar-refractivity contribution is 5.75. The standard InChI is InChI=1S/C23H23N7O3/c1-2-20-26-21(28-22(27-20)29-11-9-24-15-29)17-4-3-10-30(17)23(31)25-8-7-16-5-6-18-19(14-16)33-13-12-32-18/h1,5-6,9,11,14-15,17H,3-4,7-8,10,12-13H2,(H,25,31). The van der Waals surface area contributed by atoms with Crippen molar-refractivity contribution in [1.29, 1.82) is 0 Å². The summed E-state index contributed by atoms with van der Waals surface area (Å²) in [5.41, 5.74) is 1.07. The van der Waals surface area contributed by atoms with Crippen molar-refractivity contribution in [3.8, 4) is 29.8 Å². The molecular weight excluding hydrogens is 422 g/mol. The molecule has 10 nitrogen and oxygen atoms in total. The first-order chi connectivity index (χ1) is 16.2. The highest BCUT2D eigenvalue weighted by Gasteiger charge is 2.32. The third-order valence-electron chi connectivity index (χ3n) is 5.61. The van der Waals surface area contributed by atoms with Crippen molar-refractivity contribution in [3.05, 3.63) is 54.1 Å². The first-order valence-corrected chi connectivity index (χ1v) is 10.8. The van der Waals surface area contributed by atoms with Gasteiger partial charge in [-0.2, -0.15) is 9.97 Å². The van der Waals surface area contributed by atoms with E-state index in [1.54, 1.807) is 28.2 Å². The van der Waals surface area contributed by atoms with E-state index in [1.807, 2.05) is 18.2 Å². The Hall–Kier alpha value is -4.13. The van der Waals surface area contributed by atoms with Crippen molar-refractivity contribution >= 4 is 6.03 Å². The Bertz CT molecular complexity index is 1190. The molecule has 0 aliphatic carbocycles. The van der Waals surface area contributed by atoms with Gasteiger partial charge in [0, 0.05) is 25.5 Å². The molecule has 2 amide bonds. The molecule has 1 fully saturated rings. The lowest BCUT2D eigenvalue weighted by Gasteiger charge is -2.24. The first kappa shape index (κ1) is 20.8. The zero-order chi connectivity index (χ0) is 22.6. The summed E-state index contributed by atoms with van der Waals surface area (Å²) in [5.74, 6) is 5.09. The summed E-state index contributed by atoms with van der Waals surface area (Å²) in [6.45, 7) is 2.23. The third kappa shape index (κ3) is 4.43. The summed E-state index contributed by atoms with van der Waals surface area (Å²) in [6, 6.07) is 5.44. The minimum Gasteiger partial charge on any atom is -0.486 e. The Morgan fingerprint density at radius 1 is 1.21 bits per heavy atom. The van der Waals surface area contributed by atoms with Gasteiger partial charge in [-0.25, -0.2) is 14.8 Å². The van der Waals surface area contributed by atoms with Gasteiger partial charge in [-0.05, 0) is 42.9 Å². The maximum absolute atomic E-state index is 13.0. The van der Waals surface area contributed by atoms with Crippen molar-refractivity contribution in [2.24, 2.45) is 0 Å². The van der Waals surface area contributed by atoms with Crippen LogP contribution in [0, 0.1) is 12.3 Å². The summed E-state index contributed by atoms with van der Waals surface area (Å²) in [5, 5.41) is 3.01. The molecule has 1 aromatic carbocycles. The van der Waals surface area contributed by atoms with E-state index in [0.29, 0.717) is 44.5 Å². The van der Waals surface area contributed by atoms with Gasteiger partial charge in [-0.1, -0.05) is 6.07 Å². The average Bonchev–Trinajstić information content (AvgIpc) is 3.56. The molecular formula is C23H23N7O3. The molecule has 1 saturated heterocycles. The minimum absolute atomic E-state index is 0.151. The summed E-state index contributed by atoms with van der Waals surface area (Å²) >= 11 is 0. The number of likely N-dealkylation sites (tertiary alicyclic amines) is 1. The van der Waals surface area contributed by atoms with Gasteiger partial charge < -0.3 is 19.7 Å². The monoisotopic (exact) mass is 445 g/mol. The number of aromatic nitrogens is 5. The second kappa shape index (κ2) is 9.16. The first-order valence-electron chi connectivity index (χ1n) is 10.8. The van der Waals surface area contributed by atoms with Gasteiger partial charge in [-0.15, -0.1) is 6.42 Å². The zero-order valence-corrected chi connectivity index (χ0v) is 18.0. The number of rotatable bonds is 5. The Balaban J connectivity index is 1.25. The van der Waals surface area contributed by atoms with E-state index in [9.17, 15) is 4.79 Å². The van der Waals surface area contributed by atoms with Gasteiger partial charge in [0.1, 0.15) is 19.5 Å². The molecule has 168 valence electrons. The second-order valence-electron chi connectivity index (χ2n) is 7.74. The number of carbonyl (C=O) groups is 1. The van der Waals surface area contributed by atoms with Gasteiger partial charge in [0.15, 0.2) is 17.3 Å². The molecule has 2 aromatic heterocycles. The van der Waals surface area contributed by atoms with Gasteiger partial charge >= 0.3 is 6.03 Å². The molecule has 0 bridgehead atoms. The topological polar surface area (TPSA) is 107 Å². The number of ether oxygens (including phenoxy) is 2. The number of terminal acetylenes is 1. The maximum Gasteiger partial charge on any atom is 0.318 e. The molecule has 1 unspecified atom stereocenters. The van der Waals surface area contributed by atoms with Crippen molar-refractivity contribution in [3.63, 3.8) is 0 Å². The number of amides is 2. The summed E-state index contributed by atoms with van der Waals surface area (Å²) in [7, 11) is 0. The molecule has 1 atom stereocenters. The lowest BCUT2D eigenvalue weighted by Crippen LogP contribution is -2.40. The number of hydrogen-bond acceptors (Lipinski definition) is 7. The number of fused-ring (bicyclic) bond motifs is 1. The van der Waals surface area contributed by atoms with Crippen LogP contribution < -0.4 is 14.8 Å². The van der Waals surface area contributed by atoms with Crippen LogP contribution in [0.2, 0.25) is 0 Å². The van der Waals surface area contributed by atoms with Crippen molar-refractivity contribution < 1.29 is 14.3 Å². The largest absolute Gasteiger partial charge is 0.486 e. The van der Waals surface area contributed by atoms with Crippen LogP contribution >= 0.6 is 0 Å². The SMILES string of the molecule is C#Cc1nc(C2CCCN2C(=O)NCCc2ccc3c(c2)OCCO3)nc(-n2ccnc2)n1.